The predicted octanol–water partition coefficient (Wildman–Crippen LogP) is 6.17. The van der Waals surface area contributed by atoms with Crippen molar-refractivity contribution < 1.29 is 28.6 Å². The van der Waals surface area contributed by atoms with Gasteiger partial charge in [-0.2, -0.15) is 0 Å². The molecule has 1 aliphatic rings. The van der Waals surface area contributed by atoms with Crippen LogP contribution in [0, 0.1) is 6.92 Å². The Labute approximate surface area is 234 Å². The van der Waals surface area contributed by atoms with Crippen LogP contribution in [0.3, 0.4) is 0 Å². The molecule has 0 bridgehead atoms. The Morgan fingerprint density at radius 2 is 1.77 bits per heavy atom. The van der Waals surface area contributed by atoms with Gasteiger partial charge < -0.3 is 23.8 Å². The first-order valence-corrected chi connectivity index (χ1v) is 13.2. The maximum Gasteiger partial charge on any atom is 0.264 e. The van der Waals surface area contributed by atoms with E-state index < -0.39 is 0 Å². The summed E-state index contributed by atoms with van der Waals surface area (Å²) in [6.45, 7) is 1.71. The Balaban J connectivity index is 1.26. The van der Waals surface area contributed by atoms with Crippen LogP contribution in [0.1, 0.15) is 29.2 Å². The van der Waals surface area contributed by atoms with Crippen LogP contribution in [0.25, 0.3) is 10.2 Å². The van der Waals surface area contributed by atoms with Crippen molar-refractivity contribution in [2.75, 3.05) is 33.3 Å². The number of methoxy groups -OCH3 is 3. The molecule has 202 valence electrons. The van der Waals surface area contributed by atoms with Crippen molar-refractivity contribution in [3.05, 3.63) is 70.2 Å². The number of carbonyl (C=O) groups is 1. The lowest BCUT2D eigenvalue weighted by Crippen LogP contribution is -2.20. The number of hydrogen-bond donors (Lipinski definition) is 1. The van der Waals surface area contributed by atoms with Gasteiger partial charge in [0, 0.05) is 22.6 Å². The molecule has 0 spiro atoms. The van der Waals surface area contributed by atoms with E-state index >= 15 is 0 Å². The standard InChI is InChI=1S/C28H26ClN3O6S/c1-15-22(35-3)10-17(11-23(15)36-4)19-13-24(38-32-19)16-5-7-21(34-2)25(9-16)37-14-27(33)31-28-30-20-12-18(29)6-8-26(20)39-28/h5-12,24H,13-14H2,1-4H3,(H,30,31,33). The van der Waals surface area contributed by atoms with Crippen LogP contribution in [-0.4, -0.2) is 44.5 Å². The third kappa shape index (κ3) is 5.71. The fourth-order valence-corrected chi connectivity index (χ4v) is 5.27. The molecule has 3 aromatic carbocycles. The molecule has 0 saturated heterocycles. The van der Waals surface area contributed by atoms with Gasteiger partial charge in [0.25, 0.3) is 5.91 Å². The lowest BCUT2D eigenvalue weighted by atomic mass is 9.98. The van der Waals surface area contributed by atoms with E-state index in [1.807, 2.05) is 31.2 Å². The number of benzene rings is 3. The van der Waals surface area contributed by atoms with Gasteiger partial charge in [-0.1, -0.05) is 34.2 Å². The highest BCUT2D eigenvalue weighted by molar-refractivity contribution is 7.22. The molecule has 0 aliphatic carbocycles. The van der Waals surface area contributed by atoms with Crippen LogP contribution in [0.4, 0.5) is 5.13 Å². The Kier molecular flexibility index (Phi) is 7.76. The summed E-state index contributed by atoms with van der Waals surface area (Å²) < 4.78 is 23.2. The second-order valence-electron chi connectivity index (χ2n) is 8.72. The normalized spacial score (nSPS) is 14.5. The van der Waals surface area contributed by atoms with Crippen LogP contribution >= 0.6 is 22.9 Å². The average molecular weight is 568 g/mol. The summed E-state index contributed by atoms with van der Waals surface area (Å²) in [4.78, 5) is 22.8. The lowest BCUT2D eigenvalue weighted by molar-refractivity contribution is -0.118. The van der Waals surface area contributed by atoms with E-state index in [-0.39, 0.29) is 18.6 Å². The Morgan fingerprint density at radius 3 is 2.49 bits per heavy atom. The Morgan fingerprint density at radius 1 is 1.03 bits per heavy atom. The molecule has 2 heterocycles. The van der Waals surface area contributed by atoms with Gasteiger partial charge in [0.05, 0.1) is 37.3 Å². The third-order valence-corrected chi connectivity index (χ3v) is 7.46. The molecule has 1 amide bonds. The fourth-order valence-electron chi connectivity index (χ4n) is 4.24. The molecule has 0 radical (unpaired) electrons. The van der Waals surface area contributed by atoms with Crippen LogP contribution < -0.4 is 24.3 Å². The molecule has 1 aromatic heterocycles. The number of thiazole rings is 1. The number of carbonyl (C=O) groups excluding carboxylic acids is 1. The summed E-state index contributed by atoms with van der Waals surface area (Å²) in [5.41, 5.74) is 4.09. The van der Waals surface area contributed by atoms with Crippen LogP contribution in [0.2, 0.25) is 5.02 Å². The molecular weight excluding hydrogens is 542 g/mol. The Bertz CT molecular complexity index is 1550. The second kappa shape index (κ2) is 11.4. The minimum atomic E-state index is -0.349. The van der Waals surface area contributed by atoms with E-state index in [1.54, 1.807) is 45.6 Å². The highest BCUT2D eigenvalue weighted by Gasteiger charge is 2.26. The van der Waals surface area contributed by atoms with Crippen LogP contribution in [0.5, 0.6) is 23.0 Å². The zero-order valence-corrected chi connectivity index (χ0v) is 23.3. The van der Waals surface area contributed by atoms with Gasteiger partial charge >= 0.3 is 0 Å². The number of anilines is 1. The van der Waals surface area contributed by atoms with Crippen molar-refractivity contribution >= 4 is 49.9 Å². The number of aromatic nitrogens is 1. The van der Waals surface area contributed by atoms with Gasteiger partial charge in [0.15, 0.2) is 29.3 Å². The number of rotatable bonds is 9. The van der Waals surface area contributed by atoms with E-state index in [0.717, 1.165) is 32.6 Å². The van der Waals surface area contributed by atoms with E-state index in [0.29, 0.717) is 39.6 Å². The molecule has 9 nitrogen and oxygen atoms in total. The molecule has 0 fully saturated rings. The molecule has 1 aliphatic heterocycles. The SMILES string of the molecule is COc1ccc(C2CC(c3cc(OC)c(C)c(OC)c3)=NO2)cc1OCC(=O)Nc1nc2cc(Cl)ccc2s1. The van der Waals surface area contributed by atoms with Crippen molar-refractivity contribution in [3.8, 4) is 23.0 Å². The molecule has 0 saturated carbocycles. The smallest absolute Gasteiger partial charge is 0.264 e. The van der Waals surface area contributed by atoms with Gasteiger partial charge in [0.1, 0.15) is 11.5 Å². The van der Waals surface area contributed by atoms with Crippen LogP contribution in [0.15, 0.2) is 53.7 Å². The molecule has 1 atom stereocenters. The summed E-state index contributed by atoms with van der Waals surface area (Å²) >= 11 is 7.39. The fraction of sp³-hybridized carbons (Fsp3) is 0.250. The number of nitrogens with one attached hydrogen (secondary N) is 1. The number of ether oxygens (including phenoxy) is 4. The summed E-state index contributed by atoms with van der Waals surface area (Å²) in [5, 5.41) is 8.14. The largest absolute Gasteiger partial charge is 0.496 e. The molecule has 4 aromatic rings. The minimum Gasteiger partial charge on any atom is -0.496 e. The summed E-state index contributed by atoms with van der Waals surface area (Å²) in [6.07, 6.45) is 0.193. The van der Waals surface area contributed by atoms with Crippen molar-refractivity contribution in [2.24, 2.45) is 5.16 Å². The molecule has 1 N–H and O–H groups in total. The number of amides is 1. The van der Waals surface area contributed by atoms with Gasteiger partial charge in [-0.25, -0.2) is 4.98 Å². The molecule has 5 rings (SSSR count). The number of oxime groups is 1. The Hall–Kier alpha value is -4.02. The van der Waals surface area contributed by atoms with Gasteiger partial charge in [-0.05, 0) is 55.0 Å². The van der Waals surface area contributed by atoms with Crippen molar-refractivity contribution in [1.82, 2.24) is 4.98 Å². The van der Waals surface area contributed by atoms with Gasteiger partial charge in [-0.3, -0.25) is 10.1 Å². The van der Waals surface area contributed by atoms with E-state index in [1.165, 1.54) is 11.3 Å². The number of hydrogen-bond acceptors (Lipinski definition) is 9. The minimum absolute atomic E-state index is 0.229. The van der Waals surface area contributed by atoms with Crippen LogP contribution in [-0.2, 0) is 9.63 Å². The molecule has 39 heavy (non-hydrogen) atoms. The zero-order chi connectivity index (χ0) is 27.5. The summed E-state index contributed by atoms with van der Waals surface area (Å²) in [5.74, 6) is 1.98. The average Bonchev–Trinajstić information content (AvgIpc) is 3.59. The second-order valence-corrected chi connectivity index (χ2v) is 10.2. The third-order valence-electron chi connectivity index (χ3n) is 6.27. The number of nitrogens with zero attached hydrogens (tertiary/aromatic N) is 2. The van der Waals surface area contributed by atoms with E-state index in [2.05, 4.69) is 15.5 Å². The summed E-state index contributed by atoms with van der Waals surface area (Å²) in [7, 11) is 4.78. The van der Waals surface area contributed by atoms with Crippen molar-refractivity contribution in [3.63, 3.8) is 0 Å². The maximum absolute atomic E-state index is 12.6. The summed E-state index contributed by atoms with van der Waals surface area (Å²) in [6, 6.07) is 14.7. The predicted molar refractivity (Wildman–Crippen MR) is 151 cm³/mol. The highest BCUT2D eigenvalue weighted by atomic mass is 35.5. The monoisotopic (exact) mass is 567 g/mol. The maximum atomic E-state index is 12.6. The van der Waals surface area contributed by atoms with Gasteiger partial charge in [-0.15, -0.1) is 0 Å². The van der Waals surface area contributed by atoms with E-state index in [9.17, 15) is 4.79 Å². The first kappa shape index (κ1) is 26.6. The number of fused-ring (bicyclic) bond motifs is 1. The van der Waals surface area contributed by atoms with Crippen molar-refractivity contribution in [2.45, 2.75) is 19.4 Å². The topological polar surface area (TPSA) is 101 Å². The first-order valence-electron chi connectivity index (χ1n) is 12.0. The quantitative estimate of drug-likeness (QED) is 0.258. The van der Waals surface area contributed by atoms with Crippen molar-refractivity contribution in [1.29, 1.82) is 0 Å². The highest BCUT2D eigenvalue weighted by Crippen LogP contribution is 2.37. The molecule has 1 unspecified atom stereocenters. The van der Waals surface area contributed by atoms with E-state index in [4.69, 9.17) is 35.4 Å². The molecule has 11 heteroatoms. The lowest BCUT2D eigenvalue weighted by Gasteiger charge is -2.15. The zero-order valence-electron chi connectivity index (χ0n) is 21.7. The van der Waals surface area contributed by atoms with Gasteiger partial charge in [0.2, 0.25) is 0 Å². The first-order chi connectivity index (χ1) is 18.9. The number of halogens is 1. The molecular formula is C28H26ClN3O6S.